The van der Waals surface area contributed by atoms with Crippen molar-refractivity contribution >= 4 is 17.3 Å². The van der Waals surface area contributed by atoms with Gasteiger partial charge in [0, 0.05) is 10.9 Å². The van der Waals surface area contributed by atoms with E-state index in [0.717, 1.165) is 11.3 Å². The van der Waals surface area contributed by atoms with Crippen LogP contribution in [-0.2, 0) is 5.92 Å². The normalized spacial score (nSPS) is 11.9. The summed E-state index contributed by atoms with van der Waals surface area (Å²) in [5.74, 6) is -6.47. The molecule has 0 aliphatic rings. The van der Waals surface area contributed by atoms with Gasteiger partial charge in [-0.05, 0) is 0 Å². The number of benzene rings is 1. The van der Waals surface area contributed by atoms with E-state index < -0.39 is 29.6 Å². The molecule has 2 aromatic heterocycles. The smallest absolute Gasteiger partial charge is 0.350 e. The van der Waals surface area contributed by atoms with E-state index in [1.165, 1.54) is 5.38 Å². The summed E-state index contributed by atoms with van der Waals surface area (Å²) in [4.78, 5) is 15.2. The van der Waals surface area contributed by atoms with Gasteiger partial charge in [0.1, 0.15) is 11.3 Å². The Balaban J connectivity index is 2.13. The number of carboxylic acids is 1. The molecule has 2 heterocycles. The Hall–Kier alpha value is -2.75. The van der Waals surface area contributed by atoms with E-state index >= 15 is 0 Å². The largest absolute Gasteiger partial charge is 0.478 e. The van der Waals surface area contributed by atoms with E-state index in [4.69, 9.17) is 5.11 Å². The van der Waals surface area contributed by atoms with Gasteiger partial charge in [-0.15, -0.1) is 11.3 Å². The summed E-state index contributed by atoms with van der Waals surface area (Å²) < 4.78 is 53.8. The number of carbonyl (C=O) groups is 1. The maximum atomic E-state index is 13.9. The summed E-state index contributed by atoms with van der Waals surface area (Å²) in [6, 6.07) is 8.76. The molecule has 1 aromatic carbocycles. The lowest BCUT2D eigenvalue weighted by molar-refractivity contribution is -0.139. The number of nitrogens with zero attached hydrogens (tertiary/aromatic N) is 3. The Bertz CT molecular complexity index is 909. The van der Waals surface area contributed by atoms with Gasteiger partial charge in [0.05, 0.1) is 11.9 Å². The molecule has 0 unspecified atom stereocenters. The van der Waals surface area contributed by atoms with E-state index in [2.05, 4.69) is 10.1 Å². The zero-order chi connectivity index (χ0) is 18.2. The number of hydrogen-bond acceptors (Lipinski definition) is 4. The molecular formula is C15H9F4N3O2S. The second-order valence-electron chi connectivity index (χ2n) is 4.93. The highest BCUT2D eigenvalue weighted by molar-refractivity contribution is 7.12. The van der Waals surface area contributed by atoms with Gasteiger partial charge in [0.15, 0.2) is 0 Å². The number of aromatic carboxylic acids is 1. The zero-order valence-corrected chi connectivity index (χ0v) is 13.1. The molecule has 5 nitrogen and oxygen atoms in total. The minimum Gasteiger partial charge on any atom is -0.478 e. The fraction of sp³-hybridized carbons (Fsp3) is 0.133. The second kappa shape index (κ2) is 6.28. The summed E-state index contributed by atoms with van der Waals surface area (Å²) in [5, 5.41) is 13.9. The van der Waals surface area contributed by atoms with E-state index in [9.17, 15) is 22.4 Å². The number of aromatic nitrogens is 3. The number of alkyl halides is 4. The monoisotopic (exact) mass is 371 g/mol. The average Bonchev–Trinajstić information content (AvgIpc) is 3.22. The van der Waals surface area contributed by atoms with Crippen molar-refractivity contribution in [1.82, 2.24) is 14.8 Å². The molecule has 0 amide bonds. The molecule has 0 atom stereocenters. The van der Waals surface area contributed by atoms with Crippen LogP contribution in [0.2, 0.25) is 0 Å². The molecule has 0 aliphatic carbocycles. The number of carboxylic acid groups (broad SMARTS) is 1. The topological polar surface area (TPSA) is 68.0 Å². The van der Waals surface area contributed by atoms with Crippen molar-refractivity contribution in [3.8, 4) is 16.4 Å². The molecule has 1 N–H and O–H groups in total. The lowest BCUT2D eigenvalue weighted by Crippen LogP contribution is -2.29. The maximum Gasteiger partial charge on any atom is 0.350 e. The van der Waals surface area contributed by atoms with Crippen LogP contribution >= 0.6 is 11.3 Å². The van der Waals surface area contributed by atoms with E-state index in [0.29, 0.717) is 22.1 Å². The van der Waals surface area contributed by atoms with Crippen LogP contribution in [0.1, 0.15) is 16.1 Å². The Morgan fingerprint density at radius 2 is 1.92 bits per heavy atom. The minimum atomic E-state index is -4.69. The fourth-order valence-corrected chi connectivity index (χ4v) is 2.97. The number of hydrogen-bond donors (Lipinski definition) is 1. The van der Waals surface area contributed by atoms with Crippen LogP contribution in [0.15, 0.2) is 41.9 Å². The lowest BCUT2D eigenvalue weighted by atomic mass is 10.1. The molecule has 3 rings (SSSR count). The predicted molar refractivity (Wildman–Crippen MR) is 81.5 cm³/mol. The van der Waals surface area contributed by atoms with Crippen molar-refractivity contribution < 1.29 is 27.5 Å². The second-order valence-corrected chi connectivity index (χ2v) is 5.77. The van der Waals surface area contributed by atoms with Crippen molar-refractivity contribution in [3.05, 3.63) is 53.2 Å². The molecule has 3 aromatic rings. The summed E-state index contributed by atoms with van der Waals surface area (Å²) in [6.07, 6.45) is -3.48. The summed E-state index contributed by atoms with van der Waals surface area (Å²) in [7, 11) is 0. The van der Waals surface area contributed by atoms with Crippen molar-refractivity contribution in [2.24, 2.45) is 0 Å². The summed E-state index contributed by atoms with van der Waals surface area (Å²) >= 11 is 0.883. The Labute approximate surface area is 142 Å². The number of halogens is 4. The molecule has 0 fully saturated rings. The molecule has 0 saturated heterocycles. The molecule has 0 radical (unpaired) electrons. The molecule has 0 saturated carbocycles. The minimum absolute atomic E-state index is 0.137. The summed E-state index contributed by atoms with van der Waals surface area (Å²) in [5.41, 5.74) is -1.28. The quantitative estimate of drug-likeness (QED) is 0.687. The van der Waals surface area contributed by atoms with Gasteiger partial charge >= 0.3 is 18.3 Å². The van der Waals surface area contributed by atoms with Gasteiger partial charge < -0.3 is 5.11 Å². The first-order chi connectivity index (χ1) is 11.8. The van der Waals surface area contributed by atoms with E-state index in [1.807, 2.05) is 0 Å². The molecule has 25 heavy (non-hydrogen) atoms. The van der Waals surface area contributed by atoms with E-state index in [-0.39, 0.29) is 5.13 Å². The highest BCUT2D eigenvalue weighted by Crippen LogP contribution is 2.38. The third-order valence-corrected chi connectivity index (χ3v) is 4.15. The first kappa shape index (κ1) is 17.1. The molecule has 0 spiro atoms. The van der Waals surface area contributed by atoms with Gasteiger partial charge in [-0.1, -0.05) is 30.3 Å². The predicted octanol–water partition coefficient (Wildman–Crippen LogP) is 4.05. The fourth-order valence-electron chi connectivity index (χ4n) is 2.18. The third-order valence-electron chi connectivity index (χ3n) is 3.33. The van der Waals surface area contributed by atoms with Crippen LogP contribution in [0, 0.1) is 0 Å². The Kier molecular flexibility index (Phi) is 4.29. The maximum absolute atomic E-state index is 13.9. The first-order valence-corrected chi connectivity index (χ1v) is 7.69. The van der Waals surface area contributed by atoms with Crippen LogP contribution in [0.25, 0.3) is 16.4 Å². The van der Waals surface area contributed by atoms with Crippen molar-refractivity contribution in [2.75, 3.05) is 0 Å². The van der Waals surface area contributed by atoms with Crippen LogP contribution < -0.4 is 0 Å². The van der Waals surface area contributed by atoms with Gasteiger partial charge in [-0.25, -0.2) is 23.2 Å². The molecule has 0 bridgehead atoms. The zero-order valence-electron chi connectivity index (χ0n) is 12.2. The van der Waals surface area contributed by atoms with Crippen LogP contribution in [0.4, 0.5) is 17.6 Å². The standard InChI is InChI=1S/C15H9F4N3O2S/c16-13(17)15(18,19)11-9(12(23)24)6-20-22(11)14-21-10(7-25-14)8-4-2-1-3-5-8/h1-7,13H,(H,23,24). The van der Waals surface area contributed by atoms with Gasteiger partial charge in [0.2, 0.25) is 5.13 Å². The van der Waals surface area contributed by atoms with Crippen molar-refractivity contribution in [2.45, 2.75) is 12.3 Å². The van der Waals surface area contributed by atoms with Crippen LogP contribution in [0.3, 0.4) is 0 Å². The highest BCUT2D eigenvalue weighted by Gasteiger charge is 2.49. The van der Waals surface area contributed by atoms with Gasteiger partial charge in [-0.3, -0.25) is 0 Å². The van der Waals surface area contributed by atoms with Crippen molar-refractivity contribution in [1.29, 1.82) is 0 Å². The van der Waals surface area contributed by atoms with Gasteiger partial charge in [-0.2, -0.15) is 13.9 Å². The lowest BCUT2D eigenvalue weighted by Gasteiger charge is -2.16. The Morgan fingerprint density at radius 3 is 2.52 bits per heavy atom. The van der Waals surface area contributed by atoms with Crippen LogP contribution in [-0.4, -0.2) is 32.3 Å². The highest BCUT2D eigenvalue weighted by atomic mass is 32.1. The Morgan fingerprint density at radius 1 is 1.24 bits per heavy atom. The third kappa shape index (κ3) is 3.00. The van der Waals surface area contributed by atoms with Crippen LogP contribution in [0.5, 0.6) is 0 Å². The van der Waals surface area contributed by atoms with Crippen molar-refractivity contribution in [3.63, 3.8) is 0 Å². The molecule has 10 heteroatoms. The van der Waals surface area contributed by atoms with E-state index in [1.54, 1.807) is 30.3 Å². The molecular weight excluding hydrogens is 362 g/mol. The van der Waals surface area contributed by atoms with Gasteiger partial charge in [0.25, 0.3) is 0 Å². The first-order valence-electron chi connectivity index (χ1n) is 6.81. The molecule has 130 valence electrons. The average molecular weight is 371 g/mol. The summed E-state index contributed by atoms with van der Waals surface area (Å²) in [6.45, 7) is 0. The molecule has 0 aliphatic heterocycles. The SMILES string of the molecule is O=C(O)c1cnn(-c2nc(-c3ccccc3)cs2)c1C(F)(F)C(F)F. The number of thiazole rings is 1. The number of rotatable bonds is 5.